The third-order valence-corrected chi connectivity index (χ3v) is 6.76. The Morgan fingerprint density at radius 2 is 1.85 bits per heavy atom. The van der Waals surface area contributed by atoms with Crippen molar-refractivity contribution in [1.82, 2.24) is 19.4 Å². The monoisotopic (exact) mass is 483 g/mol. The van der Waals surface area contributed by atoms with Gasteiger partial charge in [-0.2, -0.15) is 0 Å². The number of aryl methyl sites for hydroxylation is 2. The number of piperazine rings is 1. The van der Waals surface area contributed by atoms with Crippen LogP contribution in [-0.4, -0.2) is 64.6 Å². The van der Waals surface area contributed by atoms with Crippen molar-refractivity contribution in [3.8, 4) is 5.75 Å². The summed E-state index contributed by atoms with van der Waals surface area (Å²) in [6, 6.07) is 11.3. The molecule has 34 heavy (non-hydrogen) atoms. The van der Waals surface area contributed by atoms with Crippen molar-refractivity contribution in [3.05, 3.63) is 52.8 Å². The third kappa shape index (κ3) is 5.90. The van der Waals surface area contributed by atoms with Gasteiger partial charge >= 0.3 is 0 Å². The Bertz CT molecular complexity index is 1140. The number of benzene rings is 2. The molecule has 182 valence electrons. The van der Waals surface area contributed by atoms with Gasteiger partial charge in [0.15, 0.2) is 6.61 Å². The van der Waals surface area contributed by atoms with E-state index in [4.69, 9.17) is 21.3 Å². The minimum atomic E-state index is -0.214. The van der Waals surface area contributed by atoms with Gasteiger partial charge in [-0.15, -0.1) is 0 Å². The van der Waals surface area contributed by atoms with E-state index < -0.39 is 0 Å². The first-order valence-corrected chi connectivity index (χ1v) is 12.5. The smallest absolute Gasteiger partial charge is 0.262 e. The van der Waals surface area contributed by atoms with E-state index in [1.807, 2.05) is 25.1 Å². The number of imidazole rings is 1. The molecule has 1 amide bonds. The van der Waals surface area contributed by atoms with E-state index >= 15 is 0 Å². The van der Waals surface area contributed by atoms with Crippen molar-refractivity contribution < 1.29 is 9.53 Å². The summed E-state index contributed by atoms with van der Waals surface area (Å²) in [5.74, 6) is 1.50. The van der Waals surface area contributed by atoms with Gasteiger partial charge in [0.25, 0.3) is 5.91 Å². The first kappa shape index (κ1) is 24.5. The maximum atomic E-state index is 12.5. The van der Waals surface area contributed by atoms with Gasteiger partial charge in [-0.1, -0.05) is 25.4 Å². The van der Waals surface area contributed by atoms with Gasteiger partial charge in [0, 0.05) is 43.4 Å². The van der Waals surface area contributed by atoms with E-state index in [9.17, 15) is 4.79 Å². The van der Waals surface area contributed by atoms with Crippen molar-refractivity contribution in [2.45, 2.75) is 40.3 Å². The molecule has 3 aromatic rings. The molecule has 1 aliphatic rings. The van der Waals surface area contributed by atoms with Crippen LogP contribution in [0.5, 0.6) is 5.75 Å². The zero-order chi connectivity index (χ0) is 24.1. The molecule has 0 saturated carbocycles. The molecule has 1 fully saturated rings. The first-order chi connectivity index (χ1) is 16.5. The number of anilines is 1. The second-order valence-electron chi connectivity index (χ2n) is 8.84. The lowest BCUT2D eigenvalue weighted by atomic mass is 10.2. The van der Waals surface area contributed by atoms with E-state index in [-0.39, 0.29) is 12.5 Å². The number of carbonyl (C=O) groups excluding carboxylic acids is 1. The summed E-state index contributed by atoms with van der Waals surface area (Å²) in [5.41, 5.74) is 3.64. The van der Waals surface area contributed by atoms with Crippen molar-refractivity contribution in [2.24, 2.45) is 0 Å². The highest BCUT2D eigenvalue weighted by atomic mass is 35.5. The molecule has 1 aromatic heterocycles. The van der Waals surface area contributed by atoms with Crippen molar-refractivity contribution in [3.63, 3.8) is 0 Å². The maximum Gasteiger partial charge on any atom is 0.262 e. The molecule has 0 spiro atoms. The Balaban J connectivity index is 1.43. The number of rotatable bonds is 9. The van der Waals surface area contributed by atoms with E-state index in [1.54, 1.807) is 12.1 Å². The predicted octanol–water partition coefficient (Wildman–Crippen LogP) is 4.56. The number of nitrogens with zero attached hydrogens (tertiary/aromatic N) is 4. The number of amides is 1. The lowest BCUT2D eigenvalue weighted by molar-refractivity contribution is -0.118. The zero-order valence-corrected chi connectivity index (χ0v) is 21.1. The Morgan fingerprint density at radius 1 is 1.09 bits per heavy atom. The minimum Gasteiger partial charge on any atom is -0.484 e. The number of hydrogen-bond acceptors (Lipinski definition) is 5. The number of carbonyl (C=O) groups is 1. The average Bonchev–Trinajstić information content (AvgIpc) is 3.16. The summed E-state index contributed by atoms with van der Waals surface area (Å²) in [6.45, 7) is 13.5. The number of aromatic nitrogens is 2. The molecule has 0 unspecified atom stereocenters. The standard InChI is InChI=1S/C26H34ClN5O2/c1-4-10-32-24-9-6-20(28-26(33)18-34-21-7-8-22(27)19(3)15-21)16-23(24)29-25(32)17-31-13-11-30(5-2)12-14-31/h6-9,15-16H,4-5,10-14,17-18H2,1-3H3,(H,28,33). The second-order valence-corrected chi connectivity index (χ2v) is 9.25. The molecule has 0 atom stereocenters. The van der Waals surface area contributed by atoms with Gasteiger partial charge in [0.2, 0.25) is 0 Å². The van der Waals surface area contributed by atoms with Gasteiger partial charge in [0.1, 0.15) is 11.6 Å². The van der Waals surface area contributed by atoms with E-state index in [1.165, 1.54) is 0 Å². The highest BCUT2D eigenvalue weighted by Crippen LogP contribution is 2.23. The Hall–Kier alpha value is -2.61. The molecule has 2 aromatic carbocycles. The molecule has 4 rings (SSSR count). The number of halogens is 1. The summed E-state index contributed by atoms with van der Waals surface area (Å²) in [4.78, 5) is 22.4. The number of ether oxygens (including phenoxy) is 1. The van der Waals surface area contributed by atoms with Crippen molar-refractivity contribution >= 4 is 34.2 Å². The highest BCUT2D eigenvalue weighted by molar-refractivity contribution is 6.31. The Morgan fingerprint density at radius 3 is 2.56 bits per heavy atom. The van der Waals surface area contributed by atoms with Crippen LogP contribution in [0.15, 0.2) is 36.4 Å². The molecule has 7 nitrogen and oxygen atoms in total. The van der Waals surface area contributed by atoms with Gasteiger partial charge in [-0.05, 0) is 61.9 Å². The summed E-state index contributed by atoms with van der Waals surface area (Å²) in [7, 11) is 0. The third-order valence-electron chi connectivity index (χ3n) is 6.33. The molecule has 0 radical (unpaired) electrons. The summed E-state index contributed by atoms with van der Waals surface area (Å²) in [6.07, 6.45) is 1.04. The fraction of sp³-hybridized carbons (Fsp3) is 0.462. The summed E-state index contributed by atoms with van der Waals surface area (Å²) >= 11 is 6.05. The first-order valence-electron chi connectivity index (χ1n) is 12.1. The lowest BCUT2D eigenvalue weighted by Crippen LogP contribution is -2.45. The SMILES string of the molecule is CCCn1c(CN2CCN(CC)CC2)nc2cc(NC(=O)COc3ccc(Cl)c(C)c3)ccc21. The second kappa shape index (κ2) is 11.2. The zero-order valence-electron chi connectivity index (χ0n) is 20.3. The van der Waals surface area contributed by atoms with E-state index in [0.717, 1.165) is 80.3 Å². The molecule has 0 aliphatic carbocycles. The molecule has 8 heteroatoms. The number of nitrogens with one attached hydrogen (secondary N) is 1. The number of likely N-dealkylation sites (N-methyl/N-ethyl adjacent to an activating group) is 1. The van der Waals surface area contributed by atoms with Crippen LogP contribution >= 0.6 is 11.6 Å². The fourth-order valence-corrected chi connectivity index (χ4v) is 4.49. The molecule has 1 N–H and O–H groups in total. The Kier molecular flexibility index (Phi) is 8.08. The van der Waals surface area contributed by atoms with Gasteiger partial charge in [-0.25, -0.2) is 4.98 Å². The molecule has 0 bridgehead atoms. The number of hydrogen-bond donors (Lipinski definition) is 1. The lowest BCUT2D eigenvalue weighted by Gasteiger charge is -2.33. The normalized spacial score (nSPS) is 15.1. The quantitative estimate of drug-likeness (QED) is 0.483. The molecule has 1 aliphatic heterocycles. The van der Waals surface area contributed by atoms with Gasteiger partial charge in [0.05, 0.1) is 17.6 Å². The largest absolute Gasteiger partial charge is 0.484 e. The molecule has 2 heterocycles. The van der Waals surface area contributed by atoms with Crippen LogP contribution in [-0.2, 0) is 17.9 Å². The van der Waals surface area contributed by atoms with Crippen LogP contribution in [0.3, 0.4) is 0 Å². The highest BCUT2D eigenvalue weighted by Gasteiger charge is 2.19. The van der Waals surface area contributed by atoms with Crippen LogP contribution < -0.4 is 10.1 Å². The van der Waals surface area contributed by atoms with Gasteiger partial charge < -0.3 is 19.5 Å². The molecule has 1 saturated heterocycles. The summed E-state index contributed by atoms with van der Waals surface area (Å²) in [5, 5.41) is 3.60. The van der Waals surface area contributed by atoms with Crippen LogP contribution in [0.2, 0.25) is 5.02 Å². The fourth-order valence-electron chi connectivity index (χ4n) is 4.37. The predicted molar refractivity (Wildman–Crippen MR) is 138 cm³/mol. The van der Waals surface area contributed by atoms with Crippen molar-refractivity contribution in [2.75, 3.05) is 44.6 Å². The maximum absolute atomic E-state index is 12.5. The summed E-state index contributed by atoms with van der Waals surface area (Å²) < 4.78 is 7.94. The van der Waals surface area contributed by atoms with Crippen LogP contribution in [0.4, 0.5) is 5.69 Å². The van der Waals surface area contributed by atoms with E-state index in [0.29, 0.717) is 10.8 Å². The Labute approximate surface area is 206 Å². The van der Waals surface area contributed by atoms with Gasteiger partial charge in [-0.3, -0.25) is 9.69 Å². The minimum absolute atomic E-state index is 0.0711. The number of fused-ring (bicyclic) bond motifs is 1. The van der Waals surface area contributed by atoms with E-state index in [2.05, 4.69) is 39.6 Å². The van der Waals surface area contributed by atoms with Crippen molar-refractivity contribution in [1.29, 1.82) is 0 Å². The van der Waals surface area contributed by atoms with Crippen LogP contribution in [0.1, 0.15) is 31.7 Å². The van der Waals surface area contributed by atoms with Crippen LogP contribution in [0, 0.1) is 6.92 Å². The van der Waals surface area contributed by atoms with Crippen LogP contribution in [0.25, 0.3) is 11.0 Å². The molecular formula is C26H34ClN5O2. The molecular weight excluding hydrogens is 450 g/mol. The average molecular weight is 484 g/mol. The topological polar surface area (TPSA) is 62.6 Å².